The Bertz CT molecular complexity index is 433. The number of benzene rings is 1. The molecule has 1 atom stereocenters. The van der Waals surface area contributed by atoms with Crippen LogP contribution in [0.5, 0.6) is 5.75 Å². The second-order valence-corrected chi connectivity index (χ2v) is 3.68. The summed E-state index contributed by atoms with van der Waals surface area (Å²) in [4.78, 5) is 13.1. The summed E-state index contributed by atoms with van der Waals surface area (Å²) in [5, 5.41) is 8.63. The van der Waals surface area contributed by atoms with Crippen molar-refractivity contribution in [3.63, 3.8) is 0 Å². The summed E-state index contributed by atoms with van der Waals surface area (Å²) in [5.74, 6) is 0.832. The summed E-state index contributed by atoms with van der Waals surface area (Å²) in [7, 11) is 1.60. The van der Waals surface area contributed by atoms with E-state index in [-0.39, 0.29) is 11.9 Å². The Morgan fingerprint density at radius 2 is 2.19 bits per heavy atom. The number of nitrogens with zero attached hydrogens (tertiary/aromatic N) is 2. The number of anilines is 1. The smallest absolute Gasteiger partial charge is 0.229 e. The highest BCUT2D eigenvalue weighted by molar-refractivity contribution is 6.00. The first kappa shape index (κ1) is 10.5. The zero-order valence-corrected chi connectivity index (χ0v) is 9.01. The number of nitriles is 1. The van der Waals surface area contributed by atoms with E-state index in [4.69, 9.17) is 10.00 Å². The van der Waals surface area contributed by atoms with Crippen molar-refractivity contribution in [2.45, 2.75) is 18.9 Å². The molecule has 4 heteroatoms. The highest BCUT2D eigenvalue weighted by Crippen LogP contribution is 2.30. The molecule has 0 bridgehead atoms. The minimum Gasteiger partial charge on any atom is -0.497 e. The highest BCUT2D eigenvalue weighted by Gasteiger charge is 2.36. The van der Waals surface area contributed by atoms with Crippen LogP contribution in [0.1, 0.15) is 12.8 Å². The third kappa shape index (κ3) is 1.72. The number of β-lactam (4-membered cyclic amide) rings is 1. The average molecular weight is 216 g/mol. The molecule has 4 nitrogen and oxygen atoms in total. The fourth-order valence-electron chi connectivity index (χ4n) is 1.85. The lowest BCUT2D eigenvalue weighted by Gasteiger charge is -2.39. The van der Waals surface area contributed by atoms with Gasteiger partial charge >= 0.3 is 0 Å². The summed E-state index contributed by atoms with van der Waals surface area (Å²) < 4.78 is 5.05. The van der Waals surface area contributed by atoms with Gasteiger partial charge in [-0.3, -0.25) is 4.79 Å². The van der Waals surface area contributed by atoms with Crippen LogP contribution in [0.3, 0.4) is 0 Å². The molecule has 0 unspecified atom stereocenters. The van der Waals surface area contributed by atoms with Crippen LogP contribution in [0.4, 0.5) is 5.69 Å². The Balaban J connectivity index is 2.16. The van der Waals surface area contributed by atoms with Crippen molar-refractivity contribution in [3.8, 4) is 11.8 Å². The molecule has 0 aliphatic carbocycles. The number of ether oxygens (including phenoxy) is 1. The van der Waals surface area contributed by atoms with E-state index in [2.05, 4.69) is 6.07 Å². The third-order valence-corrected chi connectivity index (χ3v) is 2.72. The van der Waals surface area contributed by atoms with E-state index in [9.17, 15) is 4.79 Å². The number of rotatable bonds is 3. The van der Waals surface area contributed by atoms with Gasteiger partial charge in [-0.05, 0) is 24.3 Å². The fourth-order valence-corrected chi connectivity index (χ4v) is 1.85. The third-order valence-electron chi connectivity index (χ3n) is 2.72. The van der Waals surface area contributed by atoms with Crippen LogP contribution < -0.4 is 9.64 Å². The SMILES string of the molecule is COc1ccc(N2C(=O)C[C@@H]2CC#N)cc1. The molecule has 0 spiro atoms. The zero-order valence-electron chi connectivity index (χ0n) is 9.01. The molecular formula is C12H12N2O2. The van der Waals surface area contributed by atoms with Gasteiger partial charge in [0.05, 0.1) is 25.6 Å². The summed E-state index contributed by atoms with van der Waals surface area (Å²) >= 11 is 0. The van der Waals surface area contributed by atoms with Gasteiger partial charge in [0.25, 0.3) is 0 Å². The van der Waals surface area contributed by atoms with Crippen molar-refractivity contribution in [2.75, 3.05) is 12.0 Å². The molecular weight excluding hydrogens is 204 g/mol. The maximum Gasteiger partial charge on any atom is 0.229 e. The van der Waals surface area contributed by atoms with E-state index < -0.39 is 0 Å². The van der Waals surface area contributed by atoms with Crippen molar-refractivity contribution in [1.82, 2.24) is 0 Å². The van der Waals surface area contributed by atoms with Gasteiger partial charge in [0.2, 0.25) is 5.91 Å². The van der Waals surface area contributed by atoms with Crippen molar-refractivity contribution in [3.05, 3.63) is 24.3 Å². The monoisotopic (exact) mass is 216 g/mol. The average Bonchev–Trinajstić information content (AvgIpc) is 2.29. The van der Waals surface area contributed by atoms with Gasteiger partial charge in [-0.15, -0.1) is 0 Å². The molecule has 16 heavy (non-hydrogen) atoms. The van der Waals surface area contributed by atoms with Gasteiger partial charge in [-0.2, -0.15) is 5.26 Å². The standard InChI is InChI=1S/C12H12N2O2/c1-16-11-4-2-9(3-5-11)14-10(6-7-13)8-12(14)15/h2-5,10H,6,8H2,1H3/t10-/m0/s1. The molecule has 1 aliphatic heterocycles. The lowest BCUT2D eigenvalue weighted by Crippen LogP contribution is -2.52. The largest absolute Gasteiger partial charge is 0.497 e. The number of carbonyl (C=O) groups is 1. The Morgan fingerprint density at radius 3 is 2.69 bits per heavy atom. The van der Waals surface area contributed by atoms with E-state index in [1.54, 1.807) is 12.0 Å². The number of carbonyl (C=O) groups excluding carboxylic acids is 1. The Hall–Kier alpha value is -2.02. The van der Waals surface area contributed by atoms with Gasteiger partial charge < -0.3 is 9.64 Å². The molecule has 2 rings (SSSR count). The van der Waals surface area contributed by atoms with E-state index in [1.807, 2.05) is 24.3 Å². The van der Waals surface area contributed by atoms with Crippen LogP contribution in [0.15, 0.2) is 24.3 Å². The van der Waals surface area contributed by atoms with E-state index in [0.29, 0.717) is 12.8 Å². The van der Waals surface area contributed by atoms with Crippen LogP contribution in [0, 0.1) is 11.3 Å². The van der Waals surface area contributed by atoms with Crippen molar-refractivity contribution in [2.24, 2.45) is 0 Å². The molecule has 82 valence electrons. The highest BCUT2D eigenvalue weighted by atomic mass is 16.5. The number of amides is 1. The van der Waals surface area contributed by atoms with Crippen LogP contribution in [0.25, 0.3) is 0 Å². The number of methoxy groups -OCH3 is 1. The van der Waals surface area contributed by atoms with E-state index >= 15 is 0 Å². The molecule has 1 heterocycles. The van der Waals surface area contributed by atoms with Gasteiger partial charge in [-0.25, -0.2) is 0 Å². The first-order chi connectivity index (χ1) is 7.76. The Labute approximate surface area is 94.0 Å². The molecule has 0 saturated carbocycles. The molecule has 0 aromatic heterocycles. The van der Waals surface area contributed by atoms with Gasteiger partial charge in [0.1, 0.15) is 5.75 Å². The fraction of sp³-hybridized carbons (Fsp3) is 0.333. The van der Waals surface area contributed by atoms with E-state index in [1.165, 1.54) is 0 Å². The van der Waals surface area contributed by atoms with Crippen LogP contribution in [-0.2, 0) is 4.79 Å². The minimum atomic E-state index is 0.0332. The molecule has 1 aromatic rings. The molecule has 1 amide bonds. The second kappa shape index (κ2) is 4.23. The normalized spacial score (nSPS) is 18.9. The maximum absolute atomic E-state index is 11.5. The summed E-state index contributed by atoms with van der Waals surface area (Å²) in [5.41, 5.74) is 0.831. The van der Waals surface area contributed by atoms with Crippen LogP contribution in [-0.4, -0.2) is 19.1 Å². The first-order valence-electron chi connectivity index (χ1n) is 5.09. The predicted octanol–water partition coefficient (Wildman–Crippen LogP) is 1.71. The Kier molecular flexibility index (Phi) is 2.78. The second-order valence-electron chi connectivity index (χ2n) is 3.68. The molecule has 1 aliphatic rings. The summed E-state index contributed by atoms with van der Waals surface area (Å²) in [6.07, 6.45) is 0.858. The zero-order chi connectivity index (χ0) is 11.5. The van der Waals surface area contributed by atoms with Gasteiger partial charge in [-0.1, -0.05) is 0 Å². The quantitative estimate of drug-likeness (QED) is 0.723. The lowest BCUT2D eigenvalue weighted by atomic mass is 9.98. The maximum atomic E-state index is 11.5. The van der Waals surface area contributed by atoms with Crippen LogP contribution in [0.2, 0.25) is 0 Å². The molecule has 0 radical (unpaired) electrons. The lowest BCUT2D eigenvalue weighted by molar-refractivity contribution is -0.124. The number of hydrogen-bond donors (Lipinski definition) is 0. The van der Waals surface area contributed by atoms with Crippen molar-refractivity contribution in [1.29, 1.82) is 5.26 Å². The molecule has 0 N–H and O–H groups in total. The summed E-state index contributed by atoms with van der Waals surface area (Å²) in [6, 6.07) is 9.41. The van der Waals surface area contributed by atoms with E-state index in [0.717, 1.165) is 11.4 Å². The Morgan fingerprint density at radius 1 is 1.50 bits per heavy atom. The van der Waals surface area contributed by atoms with Crippen molar-refractivity contribution >= 4 is 11.6 Å². The van der Waals surface area contributed by atoms with Crippen molar-refractivity contribution < 1.29 is 9.53 Å². The first-order valence-corrected chi connectivity index (χ1v) is 5.09. The molecule has 1 aromatic carbocycles. The van der Waals surface area contributed by atoms with Crippen LogP contribution >= 0.6 is 0 Å². The molecule has 1 fully saturated rings. The van der Waals surface area contributed by atoms with Gasteiger partial charge in [0.15, 0.2) is 0 Å². The minimum absolute atomic E-state index is 0.0332. The topological polar surface area (TPSA) is 53.3 Å². The number of hydrogen-bond acceptors (Lipinski definition) is 3. The predicted molar refractivity (Wildman–Crippen MR) is 59.1 cm³/mol. The summed E-state index contributed by atoms with van der Waals surface area (Å²) in [6.45, 7) is 0. The van der Waals surface area contributed by atoms with Gasteiger partial charge in [0, 0.05) is 12.1 Å². The molecule has 1 saturated heterocycles.